The maximum atomic E-state index is 10.2. The Morgan fingerprint density at radius 3 is 2.26 bits per heavy atom. The molecule has 0 saturated carbocycles. The van der Waals surface area contributed by atoms with Gasteiger partial charge in [-0.1, -0.05) is 101 Å². The molecule has 0 fully saturated rings. The largest absolute Gasteiger partial charge is 0.484 e. The van der Waals surface area contributed by atoms with Gasteiger partial charge in [0.15, 0.2) is 0 Å². The van der Waals surface area contributed by atoms with Crippen molar-refractivity contribution in [3.63, 3.8) is 0 Å². The normalized spacial score (nSPS) is 11.6. The summed E-state index contributed by atoms with van der Waals surface area (Å²) in [5, 5.41) is 16.1. The zero-order valence-electron chi connectivity index (χ0n) is 21.5. The van der Waals surface area contributed by atoms with Crippen LogP contribution >= 0.6 is 11.3 Å². The van der Waals surface area contributed by atoms with Crippen molar-refractivity contribution in [1.29, 1.82) is 0 Å². The molecule has 0 aliphatic carbocycles. The number of unbranched alkanes of at least 4 members (excludes halogenated alkanes) is 8. The highest BCUT2D eigenvalue weighted by molar-refractivity contribution is 7.10. The van der Waals surface area contributed by atoms with Crippen molar-refractivity contribution in [2.24, 2.45) is 0 Å². The van der Waals surface area contributed by atoms with Gasteiger partial charge in [-0.15, -0.1) is 11.3 Å². The van der Waals surface area contributed by atoms with Crippen molar-refractivity contribution in [1.82, 2.24) is 5.32 Å². The van der Waals surface area contributed by atoms with Crippen molar-refractivity contribution in [2.75, 3.05) is 13.6 Å². The Bertz CT molecular complexity index is 936. The second-order valence-corrected chi connectivity index (χ2v) is 9.94. The van der Waals surface area contributed by atoms with E-state index in [1.54, 1.807) is 11.3 Å². The molecule has 3 aromatic rings. The van der Waals surface area contributed by atoms with Crippen LogP contribution in [0, 0.1) is 0 Å². The number of hydrogen-bond acceptors (Lipinski definition) is 4. The summed E-state index contributed by atoms with van der Waals surface area (Å²) < 4.78 is 6.34. The first kappa shape index (κ1) is 28.9. The number of nitrogens with one attached hydrogen (secondary N) is 1. The van der Waals surface area contributed by atoms with Gasteiger partial charge >= 0.3 is 5.97 Å². The number of fused-ring (bicyclic) bond motifs is 1. The molecule has 35 heavy (non-hydrogen) atoms. The molecule has 1 unspecified atom stereocenters. The van der Waals surface area contributed by atoms with Gasteiger partial charge < -0.3 is 15.2 Å². The van der Waals surface area contributed by atoms with E-state index in [0.717, 1.165) is 31.6 Å². The zero-order valence-corrected chi connectivity index (χ0v) is 22.3. The quantitative estimate of drug-likeness (QED) is 0.194. The number of benzene rings is 2. The van der Waals surface area contributed by atoms with Crippen LogP contribution in [-0.4, -0.2) is 24.7 Å². The van der Waals surface area contributed by atoms with Crippen LogP contribution in [0.5, 0.6) is 5.75 Å². The third-order valence-corrected chi connectivity index (χ3v) is 6.99. The van der Waals surface area contributed by atoms with E-state index in [0.29, 0.717) is 6.42 Å². The number of hydrogen-bond donors (Lipinski definition) is 2. The Balaban J connectivity index is 0.000000271. The highest BCUT2D eigenvalue weighted by atomic mass is 32.1. The van der Waals surface area contributed by atoms with E-state index >= 15 is 0 Å². The molecule has 5 heteroatoms. The van der Waals surface area contributed by atoms with Crippen LogP contribution in [0.4, 0.5) is 0 Å². The van der Waals surface area contributed by atoms with Crippen molar-refractivity contribution in [3.8, 4) is 5.75 Å². The minimum atomic E-state index is -0.659. The number of thiophene rings is 1. The van der Waals surface area contributed by atoms with Crippen LogP contribution in [-0.2, 0) is 4.79 Å². The van der Waals surface area contributed by atoms with Crippen LogP contribution in [0.25, 0.3) is 10.8 Å². The summed E-state index contributed by atoms with van der Waals surface area (Å²) in [6, 6.07) is 18.8. The van der Waals surface area contributed by atoms with Crippen molar-refractivity contribution in [2.45, 2.75) is 83.7 Å². The summed E-state index contributed by atoms with van der Waals surface area (Å²) in [4.78, 5) is 11.5. The molecule has 0 aliphatic rings. The first-order chi connectivity index (χ1) is 17.2. The number of carbonyl (C=O) groups is 1. The second-order valence-electron chi connectivity index (χ2n) is 8.96. The van der Waals surface area contributed by atoms with Crippen LogP contribution in [0.1, 0.15) is 88.5 Å². The highest BCUT2D eigenvalue weighted by Crippen LogP contribution is 2.32. The molecule has 3 rings (SSSR count). The van der Waals surface area contributed by atoms with E-state index in [9.17, 15) is 4.79 Å². The Morgan fingerprint density at radius 2 is 1.60 bits per heavy atom. The fraction of sp³-hybridized carbons (Fsp3) is 0.500. The van der Waals surface area contributed by atoms with Gasteiger partial charge in [0.2, 0.25) is 0 Å². The third-order valence-electron chi connectivity index (χ3n) is 6.03. The average molecular weight is 498 g/mol. The first-order valence-electron chi connectivity index (χ1n) is 13.2. The Labute approximate surface area is 215 Å². The fourth-order valence-electron chi connectivity index (χ4n) is 4.05. The predicted molar refractivity (Wildman–Crippen MR) is 150 cm³/mol. The van der Waals surface area contributed by atoms with Crippen LogP contribution < -0.4 is 10.1 Å². The van der Waals surface area contributed by atoms with Crippen LogP contribution in [0.3, 0.4) is 0 Å². The molecule has 0 saturated heterocycles. The molecule has 0 amide bonds. The smallest absolute Gasteiger partial charge is 0.303 e. The minimum absolute atomic E-state index is 0.100. The van der Waals surface area contributed by atoms with E-state index in [1.807, 2.05) is 7.05 Å². The van der Waals surface area contributed by atoms with Gasteiger partial charge in [0.1, 0.15) is 11.9 Å². The van der Waals surface area contributed by atoms with Crippen molar-refractivity contribution < 1.29 is 14.6 Å². The SMILES string of the molecule is CCCCCCCCCCCC(=O)O.CNCCC(Oc1cccc2ccccc12)c1cccs1. The maximum Gasteiger partial charge on any atom is 0.303 e. The van der Waals surface area contributed by atoms with Crippen molar-refractivity contribution >= 4 is 28.1 Å². The lowest BCUT2D eigenvalue weighted by molar-refractivity contribution is -0.137. The predicted octanol–water partition coefficient (Wildman–Crippen LogP) is 8.62. The number of rotatable bonds is 16. The number of carboxylic acids is 1. The molecule has 0 spiro atoms. The Kier molecular flexibility index (Phi) is 14.8. The zero-order chi connectivity index (χ0) is 25.1. The van der Waals surface area contributed by atoms with Crippen LogP contribution in [0.2, 0.25) is 0 Å². The summed E-state index contributed by atoms with van der Waals surface area (Å²) in [5.74, 6) is 0.301. The summed E-state index contributed by atoms with van der Waals surface area (Å²) in [5.41, 5.74) is 0. The second kappa shape index (κ2) is 18.0. The Morgan fingerprint density at radius 1 is 0.914 bits per heavy atom. The van der Waals surface area contributed by atoms with Gasteiger partial charge in [0, 0.05) is 23.1 Å². The van der Waals surface area contributed by atoms with Crippen molar-refractivity contribution in [3.05, 3.63) is 64.9 Å². The lowest BCUT2D eigenvalue weighted by atomic mass is 10.1. The van der Waals surface area contributed by atoms with E-state index in [-0.39, 0.29) is 6.10 Å². The average Bonchev–Trinajstić information content (AvgIpc) is 3.41. The van der Waals surface area contributed by atoms with Gasteiger partial charge in [-0.2, -0.15) is 0 Å². The summed E-state index contributed by atoms with van der Waals surface area (Å²) in [7, 11) is 1.98. The number of carboxylic acid groups (broad SMARTS) is 1. The highest BCUT2D eigenvalue weighted by Gasteiger charge is 2.15. The minimum Gasteiger partial charge on any atom is -0.484 e. The third kappa shape index (κ3) is 11.7. The topological polar surface area (TPSA) is 58.6 Å². The summed E-state index contributed by atoms with van der Waals surface area (Å²) in [6.45, 7) is 3.17. The maximum absolute atomic E-state index is 10.2. The van der Waals surface area contributed by atoms with E-state index in [1.165, 1.54) is 60.6 Å². The molecule has 1 aromatic heterocycles. The molecule has 2 aromatic carbocycles. The fourth-order valence-corrected chi connectivity index (χ4v) is 4.84. The number of ether oxygens (including phenoxy) is 1. The lowest BCUT2D eigenvalue weighted by Gasteiger charge is -2.19. The van der Waals surface area contributed by atoms with Gasteiger partial charge in [-0.05, 0) is 42.9 Å². The van der Waals surface area contributed by atoms with Crippen LogP contribution in [0.15, 0.2) is 60.0 Å². The molecule has 0 aliphatic heterocycles. The molecule has 2 N–H and O–H groups in total. The molecule has 0 radical (unpaired) electrons. The Hall–Kier alpha value is -2.37. The molecule has 1 atom stereocenters. The monoisotopic (exact) mass is 497 g/mol. The molecular weight excluding hydrogens is 454 g/mol. The van der Waals surface area contributed by atoms with E-state index in [2.05, 4.69) is 72.2 Å². The van der Waals surface area contributed by atoms with Gasteiger partial charge in [0.05, 0.1) is 0 Å². The van der Waals surface area contributed by atoms with Gasteiger partial charge in [0.25, 0.3) is 0 Å². The molecule has 4 nitrogen and oxygen atoms in total. The van der Waals surface area contributed by atoms with E-state index < -0.39 is 5.97 Å². The van der Waals surface area contributed by atoms with Gasteiger partial charge in [-0.25, -0.2) is 0 Å². The molecule has 192 valence electrons. The molecular formula is C30H43NO3S. The number of aliphatic carboxylic acids is 1. The molecule has 1 heterocycles. The summed E-state index contributed by atoms with van der Waals surface area (Å²) in [6.07, 6.45) is 12.5. The standard InChI is InChI=1S/C18H19NOS.C12H24O2/c1-19-12-11-17(18-10-5-13-21-18)20-16-9-4-7-14-6-2-3-8-15(14)16;1-2-3-4-5-6-7-8-9-10-11-12(13)14/h2-10,13,17,19H,11-12H2,1H3;2-11H2,1H3,(H,13,14). The summed E-state index contributed by atoms with van der Waals surface area (Å²) >= 11 is 1.75. The van der Waals surface area contributed by atoms with Gasteiger partial charge in [-0.3, -0.25) is 4.79 Å². The van der Waals surface area contributed by atoms with E-state index in [4.69, 9.17) is 9.84 Å². The lowest BCUT2D eigenvalue weighted by Crippen LogP contribution is -2.15. The first-order valence-corrected chi connectivity index (χ1v) is 14.1. The molecule has 0 bridgehead atoms.